The van der Waals surface area contributed by atoms with E-state index in [9.17, 15) is 13.2 Å². The third-order valence-corrected chi connectivity index (χ3v) is 0.756. The summed E-state index contributed by atoms with van der Waals surface area (Å²) in [6.45, 7) is 1.87. The molecule has 0 radical (unpaired) electrons. The van der Waals surface area contributed by atoms with Crippen molar-refractivity contribution >= 4 is 23.2 Å². The van der Waals surface area contributed by atoms with Crippen LogP contribution in [0.2, 0.25) is 0 Å². The first-order valence-electron chi connectivity index (χ1n) is 2.57. The van der Waals surface area contributed by atoms with Crippen molar-refractivity contribution in [3.63, 3.8) is 0 Å². The average Bonchev–Trinajstić information content (AvgIpc) is 1.85. The molecule has 0 aromatic heterocycles. The van der Waals surface area contributed by atoms with E-state index >= 15 is 0 Å². The van der Waals surface area contributed by atoms with E-state index in [0.717, 1.165) is 0 Å². The van der Waals surface area contributed by atoms with Crippen LogP contribution < -0.4 is 0 Å². The first-order valence-corrected chi connectivity index (χ1v) is 3.38. The standard InChI is InChI=1S/C3H2ClF3.C3H5Cl/c4-2(5)1-3(6)7;1-2-3-4/h1,3H;2-3H,1H3. The monoisotopic (exact) mass is 206 g/mol. The molecular formula is C6H7Cl2F3. The molecule has 0 aliphatic rings. The highest BCUT2D eigenvalue weighted by Crippen LogP contribution is 2.05. The predicted octanol–water partition coefficient (Wildman–Crippen LogP) is 4.06. The summed E-state index contributed by atoms with van der Waals surface area (Å²) in [5, 5.41) is -1.37. The van der Waals surface area contributed by atoms with E-state index < -0.39 is 11.7 Å². The summed E-state index contributed by atoms with van der Waals surface area (Å²) < 4.78 is 32.9. The largest absolute Gasteiger partial charge is 0.261 e. The Morgan fingerprint density at radius 3 is 1.82 bits per heavy atom. The molecule has 0 heterocycles. The van der Waals surface area contributed by atoms with Crippen molar-refractivity contribution in [1.82, 2.24) is 0 Å². The molecule has 66 valence electrons. The Bertz CT molecular complexity index is 124. The van der Waals surface area contributed by atoms with E-state index in [1.807, 2.05) is 6.92 Å². The van der Waals surface area contributed by atoms with E-state index in [2.05, 4.69) is 11.6 Å². The normalized spacial score (nSPS) is 11.7. The summed E-state index contributed by atoms with van der Waals surface area (Å²) in [5.74, 6) is 0. The second-order valence-corrected chi connectivity index (χ2v) is 1.86. The third-order valence-electron chi connectivity index (χ3n) is 0.378. The molecule has 11 heavy (non-hydrogen) atoms. The van der Waals surface area contributed by atoms with Crippen LogP contribution in [0, 0.1) is 0 Å². The molecule has 0 aromatic carbocycles. The van der Waals surface area contributed by atoms with Gasteiger partial charge in [0.05, 0.1) is 0 Å². The maximum atomic E-state index is 11.1. The van der Waals surface area contributed by atoms with Gasteiger partial charge in [-0.2, -0.15) is 4.39 Å². The van der Waals surface area contributed by atoms with Gasteiger partial charge in [0, 0.05) is 6.08 Å². The molecule has 0 atom stereocenters. The van der Waals surface area contributed by atoms with Crippen LogP contribution in [-0.4, -0.2) is 6.43 Å². The molecule has 0 saturated carbocycles. The van der Waals surface area contributed by atoms with Gasteiger partial charge in [-0.3, -0.25) is 0 Å². The quantitative estimate of drug-likeness (QED) is 0.608. The predicted molar refractivity (Wildman–Crippen MR) is 41.7 cm³/mol. The molecular weight excluding hydrogens is 200 g/mol. The van der Waals surface area contributed by atoms with Crippen molar-refractivity contribution in [3.8, 4) is 0 Å². The first-order chi connectivity index (χ1) is 5.04. The molecule has 0 amide bonds. The molecule has 0 fully saturated rings. The van der Waals surface area contributed by atoms with Gasteiger partial charge in [-0.25, -0.2) is 8.78 Å². The smallest absolute Gasteiger partial charge is 0.206 e. The van der Waals surface area contributed by atoms with Gasteiger partial charge in [-0.05, 0) is 12.5 Å². The number of alkyl halides is 2. The zero-order chi connectivity index (χ0) is 9.28. The van der Waals surface area contributed by atoms with Crippen LogP contribution in [0.1, 0.15) is 6.92 Å². The number of halogens is 5. The number of hydrogen-bond acceptors (Lipinski definition) is 0. The fourth-order valence-corrected chi connectivity index (χ4v) is 0.190. The highest BCUT2D eigenvalue weighted by atomic mass is 35.5. The summed E-state index contributed by atoms with van der Waals surface area (Å²) >= 11 is 9.39. The minimum Gasteiger partial charge on any atom is -0.206 e. The van der Waals surface area contributed by atoms with Gasteiger partial charge < -0.3 is 0 Å². The summed E-state index contributed by atoms with van der Waals surface area (Å²) in [4.78, 5) is 0. The topological polar surface area (TPSA) is 0 Å². The molecule has 0 bridgehead atoms. The lowest BCUT2D eigenvalue weighted by Gasteiger charge is -1.81. The van der Waals surface area contributed by atoms with Crippen molar-refractivity contribution in [2.24, 2.45) is 0 Å². The van der Waals surface area contributed by atoms with Crippen LogP contribution in [-0.2, 0) is 0 Å². The van der Waals surface area contributed by atoms with Gasteiger partial charge in [0.1, 0.15) is 0 Å². The first kappa shape index (κ1) is 13.4. The molecule has 0 aliphatic heterocycles. The second kappa shape index (κ2) is 9.85. The summed E-state index contributed by atoms with van der Waals surface area (Å²) in [5.41, 5.74) is 1.47. The minimum atomic E-state index is -2.79. The zero-order valence-electron chi connectivity index (χ0n) is 5.70. The van der Waals surface area contributed by atoms with E-state index in [-0.39, 0.29) is 6.08 Å². The lowest BCUT2D eigenvalue weighted by Crippen LogP contribution is -1.79. The van der Waals surface area contributed by atoms with Crippen molar-refractivity contribution in [2.75, 3.05) is 0 Å². The SMILES string of the molecule is CC=CCl.FC(Cl)=CC(F)F. The number of rotatable bonds is 1. The minimum absolute atomic E-state index is 0.0154. The fourth-order valence-electron chi connectivity index (χ4n) is 0.0952. The van der Waals surface area contributed by atoms with Crippen LogP contribution in [0.5, 0.6) is 0 Å². The lowest BCUT2D eigenvalue weighted by molar-refractivity contribution is 0.202. The Balaban J connectivity index is 0. The summed E-state index contributed by atoms with van der Waals surface area (Å²) in [6.07, 6.45) is -1.01. The molecule has 0 spiro atoms. The van der Waals surface area contributed by atoms with Crippen LogP contribution in [0.15, 0.2) is 23.0 Å². The van der Waals surface area contributed by atoms with Gasteiger partial charge in [0.2, 0.25) is 0 Å². The number of allylic oxidation sites excluding steroid dienone is 2. The van der Waals surface area contributed by atoms with Gasteiger partial charge in [-0.1, -0.05) is 29.3 Å². The Kier molecular flexibility index (Phi) is 12.0. The molecule has 0 saturated heterocycles. The van der Waals surface area contributed by atoms with E-state index in [1.54, 1.807) is 6.08 Å². The van der Waals surface area contributed by atoms with Gasteiger partial charge in [0.15, 0.2) is 5.29 Å². The molecule has 0 nitrogen and oxygen atoms in total. The Morgan fingerprint density at radius 1 is 1.45 bits per heavy atom. The lowest BCUT2D eigenvalue weighted by atomic mass is 10.7. The van der Waals surface area contributed by atoms with E-state index in [1.165, 1.54) is 5.54 Å². The van der Waals surface area contributed by atoms with Crippen LogP contribution >= 0.6 is 23.2 Å². The molecule has 0 unspecified atom stereocenters. The van der Waals surface area contributed by atoms with Crippen LogP contribution in [0.3, 0.4) is 0 Å². The molecule has 0 rings (SSSR count). The Hall–Kier alpha value is -0.150. The Labute approximate surface area is 73.3 Å². The summed E-state index contributed by atoms with van der Waals surface area (Å²) in [6, 6.07) is 0. The zero-order valence-corrected chi connectivity index (χ0v) is 7.21. The van der Waals surface area contributed by atoms with Crippen LogP contribution in [0.4, 0.5) is 13.2 Å². The summed E-state index contributed by atoms with van der Waals surface area (Å²) in [7, 11) is 0. The highest BCUT2D eigenvalue weighted by Gasteiger charge is 1.96. The average molecular weight is 207 g/mol. The van der Waals surface area contributed by atoms with Gasteiger partial charge >= 0.3 is 0 Å². The molecule has 0 aliphatic carbocycles. The molecule has 0 aromatic rings. The molecule has 5 heteroatoms. The second-order valence-electron chi connectivity index (χ2n) is 1.25. The highest BCUT2D eigenvalue weighted by molar-refractivity contribution is 6.28. The number of hydrogen-bond donors (Lipinski definition) is 0. The van der Waals surface area contributed by atoms with Gasteiger partial charge in [-0.15, -0.1) is 0 Å². The van der Waals surface area contributed by atoms with Crippen LogP contribution in [0.25, 0.3) is 0 Å². The Morgan fingerprint density at radius 2 is 1.82 bits per heavy atom. The third kappa shape index (κ3) is 25.8. The maximum absolute atomic E-state index is 11.1. The van der Waals surface area contributed by atoms with E-state index in [4.69, 9.17) is 11.6 Å². The van der Waals surface area contributed by atoms with Crippen molar-refractivity contribution in [3.05, 3.63) is 23.0 Å². The molecule has 0 N–H and O–H groups in total. The van der Waals surface area contributed by atoms with Crippen molar-refractivity contribution < 1.29 is 13.2 Å². The van der Waals surface area contributed by atoms with Gasteiger partial charge in [0.25, 0.3) is 6.43 Å². The van der Waals surface area contributed by atoms with E-state index in [0.29, 0.717) is 0 Å². The van der Waals surface area contributed by atoms with Crippen molar-refractivity contribution in [2.45, 2.75) is 13.3 Å². The maximum Gasteiger partial charge on any atom is 0.261 e. The van der Waals surface area contributed by atoms with Crippen molar-refractivity contribution in [1.29, 1.82) is 0 Å². The fraction of sp³-hybridized carbons (Fsp3) is 0.333.